The Hall–Kier alpha value is -3.36. The highest BCUT2D eigenvalue weighted by Crippen LogP contribution is 2.34. The van der Waals surface area contributed by atoms with Crippen LogP contribution in [0.1, 0.15) is 17.9 Å². The Bertz CT molecular complexity index is 893. The number of para-hydroxylation sites is 2. The van der Waals surface area contributed by atoms with Crippen molar-refractivity contribution in [2.45, 2.75) is 26.0 Å². The summed E-state index contributed by atoms with van der Waals surface area (Å²) in [5, 5.41) is 3.79. The van der Waals surface area contributed by atoms with E-state index in [1.165, 1.54) is 16.9 Å². The van der Waals surface area contributed by atoms with Gasteiger partial charge < -0.3 is 18.9 Å². The molecule has 2 amide bonds. The van der Waals surface area contributed by atoms with Crippen LogP contribution in [0.2, 0.25) is 0 Å². The van der Waals surface area contributed by atoms with Crippen LogP contribution in [0.5, 0.6) is 5.75 Å². The quantitative estimate of drug-likeness (QED) is 0.689. The van der Waals surface area contributed by atoms with Crippen LogP contribution in [-0.4, -0.2) is 54.6 Å². The van der Waals surface area contributed by atoms with Gasteiger partial charge in [-0.05, 0) is 19.1 Å². The van der Waals surface area contributed by atoms with Crippen molar-refractivity contribution in [3.05, 3.63) is 41.8 Å². The maximum atomic E-state index is 12.9. The Labute approximate surface area is 161 Å². The molecule has 1 unspecified atom stereocenters. The topological polar surface area (TPSA) is 102 Å². The van der Waals surface area contributed by atoms with E-state index in [2.05, 4.69) is 9.89 Å². The molecule has 1 aromatic carbocycles. The zero-order valence-electron chi connectivity index (χ0n) is 15.9. The van der Waals surface area contributed by atoms with Gasteiger partial charge in [-0.1, -0.05) is 17.3 Å². The summed E-state index contributed by atoms with van der Waals surface area (Å²) in [4.78, 5) is 39.9. The number of aromatic nitrogens is 1. The lowest BCUT2D eigenvalue weighted by Gasteiger charge is -2.34. The van der Waals surface area contributed by atoms with Crippen LogP contribution in [0.15, 0.2) is 34.9 Å². The number of ether oxygens (including phenoxy) is 2. The zero-order valence-corrected chi connectivity index (χ0v) is 15.9. The molecule has 1 atom stereocenters. The molecule has 2 aromatic rings. The monoisotopic (exact) mass is 387 g/mol. The Morgan fingerprint density at radius 2 is 2.07 bits per heavy atom. The van der Waals surface area contributed by atoms with Crippen molar-refractivity contribution >= 4 is 23.5 Å². The van der Waals surface area contributed by atoms with E-state index in [1.807, 2.05) is 0 Å². The highest BCUT2D eigenvalue weighted by Gasteiger charge is 2.37. The van der Waals surface area contributed by atoms with Crippen molar-refractivity contribution in [2.24, 2.45) is 0 Å². The molecule has 1 aromatic heterocycles. The van der Waals surface area contributed by atoms with E-state index < -0.39 is 18.0 Å². The predicted octanol–water partition coefficient (Wildman–Crippen LogP) is 1.30. The second kappa shape index (κ2) is 8.12. The molecule has 1 aliphatic rings. The van der Waals surface area contributed by atoms with Gasteiger partial charge in [0, 0.05) is 13.1 Å². The first-order valence-electron chi connectivity index (χ1n) is 8.69. The number of benzene rings is 1. The standard InChI is InChI=1S/C19H21N3O6/c1-12-8-13(28-20-12)10-21(2)17(23)11-22-14-6-4-5-7-15(14)27-16(19(22)25)9-18(24)26-3/h4-8,16H,9-11H2,1-3H3. The molecule has 148 valence electrons. The minimum Gasteiger partial charge on any atom is -0.478 e. The van der Waals surface area contributed by atoms with E-state index in [-0.39, 0.29) is 25.4 Å². The molecule has 9 heteroatoms. The van der Waals surface area contributed by atoms with Crippen LogP contribution >= 0.6 is 0 Å². The Morgan fingerprint density at radius 1 is 1.32 bits per heavy atom. The van der Waals surface area contributed by atoms with Crippen molar-refractivity contribution in [1.29, 1.82) is 0 Å². The number of amides is 2. The van der Waals surface area contributed by atoms with Gasteiger partial charge in [0.25, 0.3) is 5.91 Å². The first-order valence-corrected chi connectivity index (χ1v) is 8.69. The van der Waals surface area contributed by atoms with E-state index >= 15 is 0 Å². The van der Waals surface area contributed by atoms with Gasteiger partial charge in [-0.2, -0.15) is 0 Å². The van der Waals surface area contributed by atoms with E-state index in [0.717, 1.165) is 5.69 Å². The lowest BCUT2D eigenvalue weighted by Crippen LogP contribution is -2.50. The first kappa shape index (κ1) is 19.4. The minimum absolute atomic E-state index is 0.194. The van der Waals surface area contributed by atoms with Gasteiger partial charge in [-0.3, -0.25) is 19.3 Å². The third-order valence-electron chi connectivity index (χ3n) is 4.34. The van der Waals surface area contributed by atoms with E-state index in [9.17, 15) is 14.4 Å². The summed E-state index contributed by atoms with van der Waals surface area (Å²) < 4.78 is 15.4. The molecule has 0 spiro atoms. The highest BCUT2D eigenvalue weighted by molar-refractivity contribution is 6.04. The molecule has 2 heterocycles. The number of aryl methyl sites for hydroxylation is 1. The molecular formula is C19H21N3O6. The molecule has 0 saturated carbocycles. The maximum absolute atomic E-state index is 12.9. The van der Waals surface area contributed by atoms with E-state index in [1.54, 1.807) is 44.3 Å². The Morgan fingerprint density at radius 3 is 2.75 bits per heavy atom. The van der Waals surface area contributed by atoms with Gasteiger partial charge in [0.05, 0.1) is 31.5 Å². The Kier molecular flexibility index (Phi) is 5.62. The fourth-order valence-corrected chi connectivity index (χ4v) is 2.87. The number of carbonyl (C=O) groups is 3. The van der Waals surface area contributed by atoms with Gasteiger partial charge >= 0.3 is 5.97 Å². The molecule has 0 bridgehead atoms. The molecule has 0 N–H and O–H groups in total. The van der Waals surface area contributed by atoms with Crippen LogP contribution < -0.4 is 9.64 Å². The molecular weight excluding hydrogens is 366 g/mol. The van der Waals surface area contributed by atoms with Crippen molar-refractivity contribution in [2.75, 3.05) is 25.6 Å². The number of hydrogen-bond acceptors (Lipinski definition) is 7. The van der Waals surface area contributed by atoms with Crippen LogP contribution in [0.4, 0.5) is 5.69 Å². The van der Waals surface area contributed by atoms with Crippen molar-refractivity contribution in [3.63, 3.8) is 0 Å². The van der Waals surface area contributed by atoms with Crippen LogP contribution in [0.3, 0.4) is 0 Å². The van der Waals surface area contributed by atoms with E-state index in [0.29, 0.717) is 17.2 Å². The molecule has 0 radical (unpaired) electrons. The largest absolute Gasteiger partial charge is 0.478 e. The van der Waals surface area contributed by atoms with Gasteiger partial charge in [0.15, 0.2) is 11.9 Å². The second-order valence-electron chi connectivity index (χ2n) is 6.46. The van der Waals surface area contributed by atoms with Crippen LogP contribution in [-0.2, 0) is 25.7 Å². The van der Waals surface area contributed by atoms with Gasteiger partial charge in [-0.25, -0.2) is 0 Å². The molecule has 3 rings (SSSR count). The summed E-state index contributed by atoms with van der Waals surface area (Å²) in [6.45, 7) is 1.82. The summed E-state index contributed by atoms with van der Waals surface area (Å²) in [5.74, 6) is -0.359. The number of nitrogens with zero attached hydrogens (tertiary/aromatic N) is 3. The van der Waals surface area contributed by atoms with Gasteiger partial charge in [0.1, 0.15) is 12.3 Å². The third kappa shape index (κ3) is 4.13. The summed E-state index contributed by atoms with van der Waals surface area (Å²) in [6, 6.07) is 8.61. The number of rotatable bonds is 6. The number of fused-ring (bicyclic) bond motifs is 1. The minimum atomic E-state index is -1.04. The van der Waals surface area contributed by atoms with Crippen molar-refractivity contribution in [3.8, 4) is 5.75 Å². The molecule has 28 heavy (non-hydrogen) atoms. The molecule has 0 saturated heterocycles. The predicted molar refractivity (Wildman–Crippen MR) is 97.6 cm³/mol. The number of anilines is 1. The second-order valence-corrected chi connectivity index (χ2v) is 6.46. The summed E-state index contributed by atoms with van der Waals surface area (Å²) in [7, 11) is 2.86. The number of methoxy groups -OCH3 is 1. The fraction of sp³-hybridized carbons (Fsp3) is 0.368. The molecule has 9 nitrogen and oxygen atoms in total. The molecule has 0 aliphatic carbocycles. The van der Waals surface area contributed by atoms with Crippen molar-refractivity contribution in [1.82, 2.24) is 10.1 Å². The summed E-state index contributed by atoms with van der Waals surface area (Å²) in [6.07, 6.45) is -1.28. The Balaban J connectivity index is 1.77. The average Bonchev–Trinajstić information content (AvgIpc) is 3.09. The van der Waals surface area contributed by atoms with Crippen LogP contribution in [0, 0.1) is 6.92 Å². The van der Waals surface area contributed by atoms with Crippen LogP contribution in [0.25, 0.3) is 0 Å². The number of hydrogen-bond donors (Lipinski definition) is 0. The number of carbonyl (C=O) groups excluding carboxylic acids is 3. The molecule has 1 aliphatic heterocycles. The van der Waals surface area contributed by atoms with E-state index in [4.69, 9.17) is 9.26 Å². The highest BCUT2D eigenvalue weighted by atomic mass is 16.5. The van der Waals surface area contributed by atoms with Crippen molar-refractivity contribution < 1.29 is 28.4 Å². The fourth-order valence-electron chi connectivity index (χ4n) is 2.87. The number of likely N-dealkylation sites (N-methyl/N-ethyl adjacent to an activating group) is 1. The maximum Gasteiger partial charge on any atom is 0.309 e. The smallest absolute Gasteiger partial charge is 0.309 e. The van der Waals surface area contributed by atoms with Gasteiger partial charge in [0.2, 0.25) is 5.91 Å². The summed E-state index contributed by atoms with van der Waals surface area (Å²) >= 11 is 0. The summed E-state index contributed by atoms with van der Waals surface area (Å²) in [5.41, 5.74) is 1.20. The lowest BCUT2D eigenvalue weighted by molar-refractivity contribution is -0.145. The van der Waals surface area contributed by atoms with Gasteiger partial charge in [-0.15, -0.1) is 0 Å². The molecule has 0 fully saturated rings. The third-order valence-corrected chi connectivity index (χ3v) is 4.34. The zero-order chi connectivity index (χ0) is 20.3. The lowest BCUT2D eigenvalue weighted by atomic mass is 10.1. The normalized spacial score (nSPS) is 15.6. The first-order chi connectivity index (χ1) is 13.4. The number of esters is 1. The average molecular weight is 387 g/mol. The SMILES string of the molecule is COC(=O)CC1Oc2ccccc2N(CC(=O)N(C)Cc2cc(C)no2)C1=O.